The van der Waals surface area contributed by atoms with Gasteiger partial charge < -0.3 is 0 Å². The molecule has 0 N–H and O–H groups in total. The summed E-state index contributed by atoms with van der Waals surface area (Å²) in [5, 5.41) is 1.75. The molecule has 0 aromatic heterocycles. The highest BCUT2D eigenvalue weighted by molar-refractivity contribution is 6.86. The molecule has 1 unspecified atom stereocenters. The number of benzene rings is 1. The smallest absolute Gasteiger partial charge is 0.0788 e. The van der Waals surface area contributed by atoms with Gasteiger partial charge in [0.15, 0.2) is 0 Å². The molecule has 0 radical (unpaired) electrons. The van der Waals surface area contributed by atoms with Crippen LogP contribution in [0.4, 0.5) is 0 Å². The second kappa shape index (κ2) is 4.34. The van der Waals surface area contributed by atoms with E-state index in [1.54, 1.807) is 16.3 Å². The molecule has 0 fully saturated rings. The monoisotopic (exact) mass is 266 g/mol. The van der Waals surface area contributed by atoms with Crippen molar-refractivity contribution in [2.75, 3.05) is 0 Å². The maximum Gasteiger partial charge on any atom is 0.0876 e. The number of hydrogen-bond acceptors (Lipinski definition) is 0. The number of rotatable bonds is 2. The minimum absolute atomic E-state index is 0.646. The summed E-state index contributed by atoms with van der Waals surface area (Å²) in [5.74, 6) is 0. The van der Waals surface area contributed by atoms with Crippen LogP contribution < -0.4 is 0 Å². The van der Waals surface area contributed by atoms with E-state index in [-0.39, 0.29) is 0 Å². The van der Waals surface area contributed by atoms with Crippen LogP contribution >= 0.6 is 0 Å². The Kier molecular flexibility index (Phi) is 2.90. The van der Waals surface area contributed by atoms with Gasteiger partial charge in [-0.05, 0) is 31.4 Å². The van der Waals surface area contributed by atoms with Crippen LogP contribution in [0.25, 0.3) is 6.08 Å². The molecule has 2 aliphatic carbocycles. The fraction of sp³-hybridized carbons (Fsp3) is 0.333. The van der Waals surface area contributed by atoms with Crippen LogP contribution in [0.5, 0.6) is 0 Å². The SMILES string of the molecule is CC1=CCC([Si](C)(C)C2C=Cc3ccccc32)=C1C. The van der Waals surface area contributed by atoms with Crippen molar-refractivity contribution in [3.8, 4) is 0 Å². The van der Waals surface area contributed by atoms with Crippen LogP contribution in [0.3, 0.4) is 0 Å². The molecule has 0 saturated carbocycles. The molecular weight excluding hydrogens is 244 g/mol. The highest BCUT2D eigenvalue weighted by atomic mass is 28.3. The Morgan fingerprint density at radius 3 is 2.53 bits per heavy atom. The fourth-order valence-electron chi connectivity index (χ4n) is 3.61. The summed E-state index contributed by atoms with van der Waals surface area (Å²) in [4.78, 5) is 0. The summed E-state index contributed by atoms with van der Waals surface area (Å²) in [5.41, 5.74) is 6.67. The van der Waals surface area contributed by atoms with Crippen LogP contribution in [-0.2, 0) is 0 Å². The molecular formula is C18H22Si. The topological polar surface area (TPSA) is 0 Å². The highest BCUT2D eigenvalue weighted by Crippen LogP contribution is 2.44. The Morgan fingerprint density at radius 1 is 1.11 bits per heavy atom. The van der Waals surface area contributed by atoms with E-state index in [1.165, 1.54) is 17.6 Å². The molecule has 0 heterocycles. The van der Waals surface area contributed by atoms with E-state index in [9.17, 15) is 0 Å². The fourth-order valence-corrected chi connectivity index (χ4v) is 7.40. The third kappa shape index (κ3) is 1.88. The van der Waals surface area contributed by atoms with Crippen molar-refractivity contribution in [3.63, 3.8) is 0 Å². The zero-order valence-corrected chi connectivity index (χ0v) is 13.3. The lowest BCUT2D eigenvalue weighted by atomic mass is 10.1. The minimum Gasteiger partial charge on any atom is -0.0788 e. The van der Waals surface area contributed by atoms with Crippen LogP contribution in [0.15, 0.2) is 52.8 Å². The van der Waals surface area contributed by atoms with Crippen LogP contribution in [0.2, 0.25) is 13.1 Å². The van der Waals surface area contributed by atoms with Gasteiger partial charge in [0.05, 0.1) is 8.07 Å². The van der Waals surface area contributed by atoms with Gasteiger partial charge in [0.2, 0.25) is 0 Å². The van der Waals surface area contributed by atoms with Crippen molar-refractivity contribution in [1.29, 1.82) is 0 Å². The van der Waals surface area contributed by atoms with Crippen molar-refractivity contribution in [3.05, 3.63) is 63.9 Å². The standard InChI is InChI=1S/C18H22Si/c1-13-9-11-17(14(13)2)19(3,4)18-12-10-15-7-5-6-8-16(15)18/h5-10,12,18H,11H2,1-4H3. The van der Waals surface area contributed by atoms with Crippen molar-refractivity contribution in [2.45, 2.75) is 38.9 Å². The molecule has 1 atom stereocenters. The Labute approximate surface area is 117 Å². The lowest BCUT2D eigenvalue weighted by Crippen LogP contribution is -2.36. The summed E-state index contributed by atoms with van der Waals surface area (Å²) in [6.07, 6.45) is 8.36. The van der Waals surface area contributed by atoms with E-state index < -0.39 is 8.07 Å². The average Bonchev–Trinajstić information content (AvgIpc) is 2.95. The maximum absolute atomic E-state index is 2.54. The van der Waals surface area contributed by atoms with Gasteiger partial charge in [0.1, 0.15) is 0 Å². The molecule has 3 rings (SSSR count). The van der Waals surface area contributed by atoms with Gasteiger partial charge in [-0.15, -0.1) is 0 Å². The van der Waals surface area contributed by atoms with Crippen molar-refractivity contribution in [1.82, 2.24) is 0 Å². The highest BCUT2D eigenvalue weighted by Gasteiger charge is 2.39. The van der Waals surface area contributed by atoms with E-state index in [4.69, 9.17) is 0 Å². The van der Waals surface area contributed by atoms with Gasteiger partial charge >= 0.3 is 0 Å². The van der Waals surface area contributed by atoms with E-state index >= 15 is 0 Å². The first-order chi connectivity index (χ1) is 9.01. The lowest BCUT2D eigenvalue weighted by molar-refractivity contribution is 1.13. The summed E-state index contributed by atoms with van der Waals surface area (Å²) in [6, 6.07) is 8.89. The van der Waals surface area contributed by atoms with Gasteiger partial charge in [-0.3, -0.25) is 0 Å². The van der Waals surface area contributed by atoms with Crippen molar-refractivity contribution < 1.29 is 0 Å². The molecule has 0 nitrogen and oxygen atoms in total. The Hall–Kier alpha value is -1.34. The molecule has 0 saturated heterocycles. The molecule has 0 spiro atoms. The number of fused-ring (bicyclic) bond motifs is 1. The van der Waals surface area contributed by atoms with Crippen molar-refractivity contribution in [2.24, 2.45) is 0 Å². The molecule has 0 aliphatic heterocycles. The third-order valence-corrected chi connectivity index (χ3v) is 9.20. The Bertz CT molecular complexity index is 614. The van der Waals surface area contributed by atoms with Gasteiger partial charge in [-0.1, -0.05) is 71.9 Å². The first kappa shape index (κ1) is 12.7. The second-order valence-electron chi connectivity index (χ2n) is 6.38. The first-order valence-electron chi connectivity index (χ1n) is 7.16. The van der Waals surface area contributed by atoms with E-state index in [2.05, 4.69) is 69.4 Å². The zero-order valence-electron chi connectivity index (χ0n) is 12.3. The molecule has 2 aliphatic rings. The predicted octanol–water partition coefficient (Wildman–Crippen LogP) is 5.25. The third-order valence-electron chi connectivity index (χ3n) is 5.01. The number of hydrogen-bond donors (Lipinski definition) is 0. The Morgan fingerprint density at radius 2 is 1.84 bits per heavy atom. The van der Waals surface area contributed by atoms with Gasteiger partial charge in [0.25, 0.3) is 0 Å². The van der Waals surface area contributed by atoms with E-state index in [0.29, 0.717) is 5.54 Å². The van der Waals surface area contributed by atoms with Crippen LogP contribution in [-0.4, -0.2) is 8.07 Å². The largest absolute Gasteiger partial charge is 0.0876 e. The number of allylic oxidation sites excluding steroid dienone is 5. The summed E-state index contributed by atoms with van der Waals surface area (Å²) in [7, 11) is -1.45. The maximum atomic E-state index is 2.54. The van der Waals surface area contributed by atoms with Gasteiger partial charge in [-0.25, -0.2) is 0 Å². The molecule has 1 heteroatoms. The minimum atomic E-state index is -1.45. The normalized spacial score (nSPS) is 21.9. The van der Waals surface area contributed by atoms with Crippen LogP contribution in [0.1, 0.15) is 36.9 Å². The molecule has 98 valence electrons. The molecule has 1 aromatic rings. The average molecular weight is 266 g/mol. The van der Waals surface area contributed by atoms with E-state index in [1.807, 2.05) is 0 Å². The van der Waals surface area contributed by atoms with Crippen molar-refractivity contribution >= 4 is 14.1 Å². The van der Waals surface area contributed by atoms with Crippen LogP contribution in [0, 0.1) is 0 Å². The summed E-state index contributed by atoms with van der Waals surface area (Å²) < 4.78 is 0. The molecule has 1 aromatic carbocycles. The van der Waals surface area contributed by atoms with Gasteiger partial charge in [-0.2, -0.15) is 0 Å². The van der Waals surface area contributed by atoms with E-state index in [0.717, 1.165) is 0 Å². The Balaban J connectivity index is 2.02. The van der Waals surface area contributed by atoms with Gasteiger partial charge in [0, 0.05) is 5.54 Å². The molecule has 0 amide bonds. The summed E-state index contributed by atoms with van der Waals surface area (Å²) in [6.45, 7) is 9.64. The second-order valence-corrected chi connectivity index (χ2v) is 11.1. The first-order valence-corrected chi connectivity index (χ1v) is 10.2. The molecule has 19 heavy (non-hydrogen) atoms. The molecule has 0 bridgehead atoms. The summed E-state index contributed by atoms with van der Waals surface area (Å²) >= 11 is 0. The predicted molar refractivity (Wildman–Crippen MR) is 86.8 cm³/mol. The quantitative estimate of drug-likeness (QED) is 0.641. The zero-order chi connectivity index (χ0) is 13.6. The lowest BCUT2D eigenvalue weighted by Gasteiger charge is -2.32.